The van der Waals surface area contributed by atoms with E-state index in [2.05, 4.69) is 17.5 Å². The van der Waals surface area contributed by atoms with E-state index >= 15 is 0 Å². The summed E-state index contributed by atoms with van der Waals surface area (Å²) in [5.41, 5.74) is 2.96. The Morgan fingerprint density at radius 3 is 2.61 bits per heavy atom. The minimum Gasteiger partial charge on any atom is -0.506 e. The molecule has 2 aromatic carbocycles. The number of rotatable bonds is 1. The fourth-order valence-corrected chi connectivity index (χ4v) is 4.39. The van der Waals surface area contributed by atoms with Crippen LogP contribution >= 0.6 is 34.8 Å². The number of nitrogens with one attached hydrogen (secondary N) is 1. The van der Waals surface area contributed by atoms with Gasteiger partial charge in [-0.1, -0.05) is 47.0 Å². The molecule has 0 spiro atoms. The summed E-state index contributed by atoms with van der Waals surface area (Å²) in [6.45, 7) is 0. The zero-order valence-electron chi connectivity index (χ0n) is 12.1. The fraction of sp³-hybridized carbons (Fsp3) is 0.222. The van der Waals surface area contributed by atoms with Crippen LogP contribution in [0, 0.1) is 5.92 Å². The molecule has 3 unspecified atom stereocenters. The molecule has 1 aliphatic carbocycles. The number of allylic oxidation sites excluding steroid dienone is 2. The number of hydrogen-bond acceptors (Lipinski definition) is 2. The molecule has 0 saturated heterocycles. The molecule has 118 valence electrons. The van der Waals surface area contributed by atoms with Gasteiger partial charge in [0.05, 0.1) is 11.1 Å². The van der Waals surface area contributed by atoms with Crippen LogP contribution < -0.4 is 5.32 Å². The molecule has 5 heteroatoms. The summed E-state index contributed by atoms with van der Waals surface area (Å²) in [5.74, 6) is 0.658. The molecule has 1 aliphatic heterocycles. The van der Waals surface area contributed by atoms with Crippen molar-refractivity contribution < 1.29 is 5.11 Å². The normalized spacial score (nSPS) is 24.9. The van der Waals surface area contributed by atoms with E-state index in [0.717, 1.165) is 22.7 Å². The van der Waals surface area contributed by atoms with Crippen LogP contribution in [0.3, 0.4) is 0 Å². The molecule has 0 aromatic heterocycles. The molecule has 2 aromatic rings. The lowest BCUT2D eigenvalue weighted by Gasteiger charge is -2.38. The summed E-state index contributed by atoms with van der Waals surface area (Å²) in [4.78, 5) is 0. The van der Waals surface area contributed by atoms with Crippen molar-refractivity contribution >= 4 is 40.5 Å². The molecule has 2 aliphatic rings. The summed E-state index contributed by atoms with van der Waals surface area (Å²) in [6, 6.07) is 9.15. The van der Waals surface area contributed by atoms with Gasteiger partial charge in [-0.25, -0.2) is 0 Å². The van der Waals surface area contributed by atoms with E-state index in [4.69, 9.17) is 34.8 Å². The molecule has 3 atom stereocenters. The average molecular weight is 367 g/mol. The van der Waals surface area contributed by atoms with E-state index in [1.807, 2.05) is 18.2 Å². The molecule has 4 rings (SSSR count). The number of phenols is 1. The molecule has 23 heavy (non-hydrogen) atoms. The third-order valence-corrected chi connectivity index (χ3v) is 5.46. The lowest BCUT2D eigenvalue weighted by atomic mass is 9.77. The lowest BCUT2D eigenvalue weighted by Crippen LogP contribution is -2.29. The van der Waals surface area contributed by atoms with E-state index in [9.17, 15) is 5.11 Å². The Balaban J connectivity index is 1.84. The van der Waals surface area contributed by atoms with Gasteiger partial charge in [0.2, 0.25) is 0 Å². The Morgan fingerprint density at radius 1 is 1.00 bits per heavy atom. The highest BCUT2D eigenvalue weighted by molar-refractivity contribution is 6.35. The van der Waals surface area contributed by atoms with Crippen LogP contribution in [-0.2, 0) is 0 Å². The molecule has 0 saturated carbocycles. The zero-order chi connectivity index (χ0) is 16.1. The van der Waals surface area contributed by atoms with Gasteiger partial charge in [-0.2, -0.15) is 0 Å². The van der Waals surface area contributed by atoms with E-state index in [0.29, 0.717) is 10.9 Å². The first-order chi connectivity index (χ1) is 11.0. The number of phenolic OH excluding ortho intramolecular Hbond substituents is 1. The Kier molecular flexibility index (Phi) is 3.72. The van der Waals surface area contributed by atoms with Gasteiger partial charge in [-0.3, -0.25) is 0 Å². The molecular weight excluding hydrogens is 353 g/mol. The molecule has 0 bridgehead atoms. The van der Waals surface area contributed by atoms with Crippen molar-refractivity contribution in [3.8, 4) is 5.75 Å². The van der Waals surface area contributed by atoms with Gasteiger partial charge in [0.25, 0.3) is 0 Å². The summed E-state index contributed by atoms with van der Waals surface area (Å²) in [6.07, 6.45) is 5.33. The van der Waals surface area contributed by atoms with Gasteiger partial charge in [0, 0.05) is 27.2 Å². The summed E-state index contributed by atoms with van der Waals surface area (Å²) < 4.78 is 0. The minimum absolute atomic E-state index is 0.0557. The first-order valence-electron chi connectivity index (χ1n) is 7.45. The Morgan fingerprint density at radius 2 is 1.78 bits per heavy atom. The molecule has 0 radical (unpaired) electrons. The van der Waals surface area contributed by atoms with Crippen LogP contribution in [0.25, 0.3) is 0 Å². The first-order valence-corrected chi connectivity index (χ1v) is 8.58. The third kappa shape index (κ3) is 2.50. The molecule has 1 heterocycles. The smallest absolute Gasteiger partial charge is 0.139 e. The topological polar surface area (TPSA) is 32.3 Å². The molecule has 0 fully saturated rings. The quantitative estimate of drug-likeness (QED) is 0.591. The second kappa shape index (κ2) is 5.62. The van der Waals surface area contributed by atoms with Crippen LogP contribution in [0.2, 0.25) is 15.1 Å². The monoisotopic (exact) mass is 365 g/mol. The summed E-state index contributed by atoms with van der Waals surface area (Å²) >= 11 is 18.4. The molecular formula is C18H14Cl3NO. The van der Waals surface area contributed by atoms with Gasteiger partial charge in [-0.05, 0) is 48.2 Å². The molecule has 2 N–H and O–H groups in total. The fourth-order valence-electron chi connectivity index (χ4n) is 3.70. The van der Waals surface area contributed by atoms with Crippen molar-refractivity contribution in [1.82, 2.24) is 0 Å². The van der Waals surface area contributed by atoms with Gasteiger partial charge in [0.15, 0.2) is 0 Å². The highest BCUT2D eigenvalue weighted by Crippen LogP contribution is 2.52. The zero-order valence-corrected chi connectivity index (χ0v) is 14.3. The van der Waals surface area contributed by atoms with E-state index in [1.165, 1.54) is 5.56 Å². The van der Waals surface area contributed by atoms with E-state index < -0.39 is 0 Å². The maximum absolute atomic E-state index is 10.4. The van der Waals surface area contributed by atoms with Crippen LogP contribution in [0.1, 0.15) is 29.5 Å². The number of anilines is 1. The van der Waals surface area contributed by atoms with Crippen molar-refractivity contribution in [3.05, 3.63) is 68.7 Å². The van der Waals surface area contributed by atoms with Gasteiger partial charge in [0.1, 0.15) is 5.75 Å². The largest absolute Gasteiger partial charge is 0.506 e. The van der Waals surface area contributed by atoms with Crippen molar-refractivity contribution in [3.63, 3.8) is 0 Å². The summed E-state index contributed by atoms with van der Waals surface area (Å²) in [5, 5.41) is 15.5. The first kappa shape index (κ1) is 15.2. The van der Waals surface area contributed by atoms with Gasteiger partial charge >= 0.3 is 0 Å². The number of benzene rings is 2. The van der Waals surface area contributed by atoms with Crippen molar-refractivity contribution in [2.24, 2.45) is 5.92 Å². The highest BCUT2D eigenvalue weighted by Gasteiger charge is 2.39. The highest BCUT2D eigenvalue weighted by atomic mass is 35.5. The Hall–Kier alpha value is -1.35. The Bertz CT molecular complexity index is 818. The van der Waals surface area contributed by atoms with Crippen molar-refractivity contribution in [2.75, 3.05) is 5.32 Å². The maximum atomic E-state index is 10.4. The SMILES string of the molecule is Oc1c(Cl)cc(Cl)cc1C1Nc2ccc(Cl)cc2C2C=CCC21. The van der Waals surface area contributed by atoms with Crippen LogP contribution in [0.4, 0.5) is 5.69 Å². The predicted molar refractivity (Wildman–Crippen MR) is 95.9 cm³/mol. The predicted octanol–water partition coefficient (Wildman–Crippen LogP) is 6.18. The number of fused-ring (bicyclic) bond motifs is 3. The summed E-state index contributed by atoms with van der Waals surface area (Å²) in [7, 11) is 0. The number of hydrogen-bond donors (Lipinski definition) is 2. The average Bonchev–Trinajstić information content (AvgIpc) is 3.00. The van der Waals surface area contributed by atoms with Crippen LogP contribution in [0.15, 0.2) is 42.5 Å². The third-order valence-electron chi connectivity index (χ3n) is 4.72. The molecule has 0 amide bonds. The van der Waals surface area contributed by atoms with Crippen molar-refractivity contribution in [1.29, 1.82) is 0 Å². The van der Waals surface area contributed by atoms with Gasteiger partial charge in [-0.15, -0.1) is 0 Å². The van der Waals surface area contributed by atoms with E-state index in [1.54, 1.807) is 12.1 Å². The van der Waals surface area contributed by atoms with Gasteiger partial charge < -0.3 is 10.4 Å². The van der Waals surface area contributed by atoms with Crippen LogP contribution in [0.5, 0.6) is 5.75 Å². The second-order valence-electron chi connectivity index (χ2n) is 6.03. The maximum Gasteiger partial charge on any atom is 0.139 e. The second-order valence-corrected chi connectivity index (χ2v) is 7.31. The molecule has 2 nitrogen and oxygen atoms in total. The minimum atomic E-state index is -0.0557. The Labute approximate surface area is 149 Å². The lowest BCUT2D eigenvalue weighted by molar-refractivity contribution is 0.402. The van der Waals surface area contributed by atoms with Crippen molar-refractivity contribution in [2.45, 2.75) is 18.4 Å². The number of aromatic hydroxyl groups is 1. The standard InChI is InChI=1S/C18H14Cl3NO/c19-9-4-5-16-13(6-9)11-2-1-3-12(11)17(22-16)14-7-10(20)8-15(21)18(14)23/h1-2,4-8,11-12,17,22-23H,3H2. The number of halogens is 3. The van der Waals surface area contributed by atoms with E-state index in [-0.39, 0.29) is 22.7 Å². The van der Waals surface area contributed by atoms with Crippen LogP contribution in [-0.4, -0.2) is 5.11 Å².